The maximum Gasteiger partial charge on any atom is 0.289 e. The number of benzene rings is 1. The Morgan fingerprint density at radius 2 is 2.00 bits per heavy atom. The number of carbonyl (C=O) groups is 1. The van der Waals surface area contributed by atoms with Gasteiger partial charge in [0.05, 0.1) is 11.0 Å². The van der Waals surface area contributed by atoms with Crippen LogP contribution in [-0.4, -0.2) is 44.3 Å². The number of sulfonamides is 1. The van der Waals surface area contributed by atoms with E-state index in [2.05, 4.69) is 20.7 Å². The summed E-state index contributed by atoms with van der Waals surface area (Å²) >= 11 is 3.07. The molecule has 0 bridgehead atoms. The lowest BCUT2D eigenvalue weighted by atomic mass is 10.3. The van der Waals surface area contributed by atoms with Crippen LogP contribution in [0.4, 0.5) is 5.69 Å². The lowest BCUT2D eigenvalue weighted by Crippen LogP contribution is -2.44. The topological polar surface area (TPSA) is 110 Å². The first-order chi connectivity index (χ1) is 9.56. The molecule has 0 aliphatic heterocycles. The van der Waals surface area contributed by atoms with Crippen LogP contribution in [0.15, 0.2) is 27.6 Å². The van der Waals surface area contributed by atoms with E-state index in [9.17, 15) is 23.3 Å². The molecule has 0 aliphatic rings. The van der Waals surface area contributed by atoms with Gasteiger partial charge in [0.15, 0.2) is 4.90 Å². The molecule has 0 spiro atoms. The average Bonchev–Trinajstić information content (AvgIpc) is 2.36. The van der Waals surface area contributed by atoms with E-state index in [0.717, 1.165) is 12.1 Å². The first-order valence-corrected chi connectivity index (χ1v) is 8.01. The monoisotopic (exact) mass is 379 g/mol. The van der Waals surface area contributed by atoms with Crippen molar-refractivity contribution in [3.63, 3.8) is 0 Å². The van der Waals surface area contributed by atoms with Crippen LogP contribution in [0, 0.1) is 10.1 Å². The van der Waals surface area contributed by atoms with E-state index in [1.165, 1.54) is 32.0 Å². The van der Waals surface area contributed by atoms with Crippen LogP contribution in [0.1, 0.15) is 6.92 Å². The van der Waals surface area contributed by atoms with E-state index in [0.29, 0.717) is 4.47 Å². The second-order valence-electron chi connectivity index (χ2n) is 4.44. The Hall–Kier alpha value is -1.52. The Bertz CT molecular complexity index is 674. The van der Waals surface area contributed by atoms with Gasteiger partial charge >= 0.3 is 0 Å². The molecule has 0 fully saturated rings. The zero-order chi connectivity index (χ0) is 16.4. The number of carbonyl (C=O) groups excluding carboxylic acids is 1. The summed E-state index contributed by atoms with van der Waals surface area (Å²) in [7, 11) is -1.24. The molecule has 0 aromatic heterocycles. The number of likely N-dealkylation sites (N-methyl/N-ethyl adjacent to an activating group) is 1. The smallest absolute Gasteiger partial charge is 0.289 e. The van der Waals surface area contributed by atoms with Crippen molar-refractivity contribution >= 4 is 37.5 Å². The molecule has 0 heterocycles. The summed E-state index contributed by atoms with van der Waals surface area (Å²) in [6, 6.07) is 2.53. The van der Waals surface area contributed by atoms with E-state index in [1.807, 2.05) is 0 Å². The van der Waals surface area contributed by atoms with Gasteiger partial charge in [0, 0.05) is 24.6 Å². The van der Waals surface area contributed by atoms with Gasteiger partial charge in [-0.25, -0.2) is 8.42 Å². The molecule has 1 N–H and O–H groups in total. The summed E-state index contributed by atoms with van der Waals surface area (Å²) < 4.78 is 27.0. The van der Waals surface area contributed by atoms with E-state index in [-0.39, 0.29) is 0 Å². The Morgan fingerprint density at radius 3 is 2.48 bits per heavy atom. The van der Waals surface area contributed by atoms with Gasteiger partial charge in [0.1, 0.15) is 0 Å². The third-order valence-electron chi connectivity index (χ3n) is 2.55. The minimum absolute atomic E-state index is 0.375. The van der Waals surface area contributed by atoms with Crippen LogP contribution in [0.2, 0.25) is 0 Å². The number of nitrogens with zero attached hydrogens (tertiary/aromatic N) is 2. The number of amides is 1. The second kappa shape index (κ2) is 6.50. The molecule has 1 amide bonds. The number of hydrogen-bond acceptors (Lipinski definition) is 5. The van der Waals surface area contributed by atoms with Crippen molar-refractivity contribution in [2.24, 2.45) is 0 Å². The lowest BCUT2D eigenvalue weighted by molar-refractivity contribution is -0.387. The third-order valence-corrected chi connectivity index (χ3v) is 4.61. The molecular weight excluding hydrogens is 366 g/mol. The number of halogens is 1. The van der Waals surface area contributed by atoms with Crippen LogP contribution in [0.25, 0.3) is 0 Å². The highest BCUT2D eigenvalue weighted by atomic mass is 79.9. The molecule has 1 atom stereocenters. The molecule has 0 radical (unpaired) electrons. The summed E-state index contributed by atoms with van der Waals surface area (Å²) in [5.41, 5.74) is -0.560. The normalized spacial score (nSPS) is 12.8. The van der Waals surface area contributed by atoms with Gasteiger partial charge in [-0.3, -0.25) is 14.9 Å². The average molecular weight is 380 g/mol. The zero-order valence-electron chi connectivity index (χ0n) is 11.5. The maximum absolute atomic E-state index is 12.2. The fourth-order valence-electron chi connectivity index (χ4n) is 1.59. The largest absolute Gasteiger partial charge is 0.347 e. The predicted molar refractivity (Wildman–Crippen MR) is 79.3 cm³/mol. The fraction of sp³-hybridized carbons (Fsp3) is 0.364. The lowest BCUT2D eigenvalue weighted by Gasteiger charge is -2.18. The van der Waals surface area contributed by atoms with Crippen molar-refractivity contribution in [3.05, 3.63) is 32.8 Å². The number of hydrogen-bond donors (Lipinski definition) is 1. The van der Waals surface area contributed by atoms with Crippen molar-refractivity contribution in [2.75, 3.05) is 14.1 Å². The quantitative estimate of drug-likeness (QED) is 0.608. The van der Waals surface area contributed by atoms with E-state index >= 15 is 0 Å². The first kappa shape index (κ1) is 17.5. The zero-order valence-corrected chi connectivity index (χ0v) is 13.9. The molecule has 10 heteroatoms. The summed E-state index contributed by atoms with van der Waals surface area (Å²) in [6.07, 6.45) is 0. The molecule has 8 nitrogen and oxygen atoms in total. The van der Waals surface area contributed by atoms with Gasteiger partial charge in [-0.1, -0.05) is 15.9 Å². The van der Waals surface area contributed by atoms with Crippen LogP contribution >= 0.6 is 15.9 Å². The molecule has 1 unspecified atom stereocenters. The predicted octanol–water partition coefficient (Wildman–Crippen LogP) is 1.11. The Balaban J connectivity index is 3.23. The van der Waals surface area contributed by atoms with E-state index in [1.54, 1.807) is 0 Å². The van der Waals surface area contributed by atoms with Crippen molar-refractivity contribution in [1.29, 1.82) is 0 Å². The van der Waals surface area contributed by atoms with Gasteiger partial charge in [0.2, 0.25) is 15.9 Å². The van der Waals surface area contributed by atoms with E-state index in [4.69, 9.17) is 0 Å². The summed E-state index contributed by atoms with van der Waals surface area (Å²) in [5.74, 6) is -0.462. The van der Waals surface area contributed by atoms with Crippen LogP contribution < -0.4 is 4.72 Å². The van der Waals surface area contributed by atoms with Gasteiger partial charge < -0.3 is 4.90 Å². The second-order valence-corrected chi connectivity index (χ2v) is 7.04. The van der Waals surface area contributed by atoms with Crippen molar-refractivity contribution < 1.29 is 18.1 Å². The molecule has 1 aromatic carbocycles. The number of rotatable bonds is 5. The maximum atomic E-state index is 12.2. The summed E-state index contributed by atoms with van der Waals surface area (Å²) in [5, 5.41) is 10.9. The molecule has 0 saturated heterocycles. The third kappa shape index (κ3) is 4.22. The molecule has 1 aromatic rings. The van der Waals surface area contributed by atoms with Crippen LogP contribution in [0.5, 0.6) is 0 Å². The number of nitrogens with one attached hydrogen (secondary N) is 1. The molecule has 1 rings (SSSR count). The van der Waals surface area contributed by atoms with Gasteiger partial charge in [-0.2, -0.15) is 4.72 Å². The summed E-state index contributed by atoms with van der Waals surface area (Å²) in [6.45, 7) is 1.36. The van der Waals surface area contributed by atoms with Crippen LogP contribution in [-0.2, 0) is 14.8 Å². The first-order valence-electron chi connectivity index (χ1n) is 5.73. The van der Waals surface area contributed by atoms with Crippen molar-refractivity contribution in [2.45, 2.75) is 17.9 Å². The Morgan fingerprint density at radius 1 is 1.43 bits per heavy atom. The van der Waals surface area contributed by atoms with Crippen molar-refractivity contribution in [1.82, 2.24) is 9.62 Å². The SMILES string of the molecule is CC(NS(=O)(=O)c1cc(Br)ccc1[N+](=O)[O-])C(=O)N(C)C. The Labute approximate surface area is 130 Å². The highest BCUT2D eigenvalue weighted by molar-refractivity contribution is 9.10. The van der Waals surface area contributed by atoms with Gasteiger partial charge in [0.25, 0.3) is 5.69 Å². The highest BCUT2D eigenvalue weighted by Gasteiger charge is 2.29. The highest BCUT2D eigenvalue weighted by Crippen LogP contribution is 2.27. The van der Waals surface area contributed by atoms with E-state index < -0.39 is 37.5 Å². The molecule has 116 valence electrons. The molecular formula is C11H14BrN3O5S. The minimum Gasteiger partial charge on any atom is -0.347 e. The molecule has 0 aliphatic carbocycles. The number of nitro groups is 1. The summed E-state index contributed by atoms with van der Waals surface area (Å²) in [4.78, 5) is 22.6. The molecule has 21 heavy (non-hydrogen) atoms. The number of nitro benzene ring substituents is 1. The fourth-order valence-corrected chi connectivity index (χ4v) is 3.49. The standard InChI is InChI=1S/C11H14BrN3O5S/c1-7(11(16)14(2)3)13-21(19,20)10-6-8(12)4-5-9(10)15(17)18/h4-7,13H,1-3H3. The minimum atomic E-state index is -4.21. The van der Waals surface area contributed by atoms with Crippen molar-refractivity contribution in [3.8, 4) is 0 Å². The Kier molecular flexibility index (Phi) is 5.42. The molecule has 0 saturated carbocycles. The van der Waals surface area contributed by atoms with Crippen LogP contribution in [0.3, 0.4) is 0 Å². The van der Waals surface area contributed by atoms with Gasteiger partial charge in [-0.15, -0.1) is 0 Å². The van der Waals surface area contributed by atoms with Gasteiger partial charge in [-0.05, 0) is 19.1 Å².